The van der Waals surface area contributed by atoms with E-state index in [1.807, 2.05) is 17.9 Å². The second-order valence-corrected chi connectivity index (χ2v) is 16.7. The number of likely N-dealkylation sites (tertiary alicyclic amines) is 1. The van der Waals surface area contributed by atoms with Crippen molar-refractivity contribution in [3.05, 3.63) is 53.0 Å². The molecule has 6 nitrogen and oxygen atoms in total. The summed E-state index contributed by atoms with van der Waals surface area (Å²) in [7, 11) is -0.702. The van der Waals surface area contributed by atoms with Crippen LogP contribution in [0.2, 0.25) is 16.6 Å². The van der Waals surface area contributed by atoms with Gasteiger partial charge >= 0.3 is 0 Å². The maximum atomic E-state index is 15.6. The summed E-state index contributed by atoms with van der Waals surface area (Å²) < 4.78 is 27.4. The third-order valence-electron chi connectivity index (χ3n) is 8.24. The number of pyridine rings is 1. The fourth-order valence-corrected chi connectivity index (χ4v) is 11.5. The molecule has 37 heavy (non-hydrogen) atoms. The lowest BCUT2D eigenvalue weighted by Gasteiger charge is -2.43. The van der Waals surface area contributed by atoms with Crippen molar-refractivity contribution in [1.29, 1.82) is 0 Å². The van der Waals surface area contributed by atoms with Gasteiger partial charge in [0.1, 0.15) is 17.9 Å². The summed E-state index contributed by atoms with van der Waals surface area (Å²) in [5.41, 5.74) is 1.95. The highest BCUT2D eigenvalue weighted by molar-refractivity contribution is 6.78. The Morgan fingerprint density at radius 2 is 1.68 bits per heavy atom. The average molecular weight is 531 g/mol. The van der Waals surface area contributed by atoms with Gasteiger partial charge in [-0.3, -0.25) is 4.90 Å². The summed E-state index contributed by atoms with van der Waals surface area (Å²) in [6, 6.07) is 6.05. The van der Waals surface area contributed by atoms with Gasteiger partial charge in [0.15, 0.2) is 0 Å². The van der Waals surface area contributed by atoms with Gasteiger partial charge in [-0.1, -0.05) is 41.5 Å². The largest absolute Gasteiger partial charge is 0.542 e. The Morgan fingerprint density at radius 1 is 1.08 bits per heavy atom. The van der Waals surface area contributed by atoms with E-state index in [0.29, 0.717) is 65.3 Å². The number of hydrogen-bond donors (Lipinski definition) is 1. The standard InChI is InChI=1S/C29H43FN2O4Si/c1-19(2)37(20(3)4,21(5)6)36-27-16-25(30)24(15-22(27)7)26(18-33)32-13-11-29(34,12-14-32)23-9-10-28(35-8)31-17-23/h9-10,15-21,26,34H,11-14H2,1-8H3. The summed E-state index contributed by atoms with van der Waals surface area (Å²) in [4.78, 5) is 18.4. The number of aryl methyl sites for hydroxylation is 1. The predicted molar refractivity (Wildman–Crippen MR) is 147 cm³/mol. The minimum absolute atomic E-state index is 0.349. The maximum Gasteiger partial charge on any atom is 0.258 e. The Labute approximate surface area is 222 Å². The lowest BCUT2D eigenvalue weighted by atomic mass is 9.84. The maximum absolute atomic E-state index is 15.6. The van der Waals surface area contributed by atoms with E-state index in [2.05, 4.69) is 46.5 Å². The van der Waals surface area contributed by atoms with Crippen molar-refractivity contribution < 1.29 is 23.5 Å². The Kier molecular flexibility index (Phi) is 9.19. The Hall–Kier alpha value is -2.29. The number of methoxy groups -OCH3 is 1. The van der Waals surface area contributed by atoms with Gasteiger partial charge in [-0.15, -0.1) is 0 Å². The van der Waals surface area contributed by atoms with Gasteiger partial charge in [0.2, 0.25) is 5.88 Å². The molecule has 204 valence electrons. The number of hydrogen-bond acceptors (Lipinski definition) is 6. The minimum atomic E-state index is -2.25. The van der Waals surface area contributed by atoms with Crippen molar-refractivity contribution in [2.24, 2.45) is 0 Å². The van der Waals surface area contributed by atoms with Crippen LogP contribution in [0.25, 0.3) is 0 Å². The first-order chi connectivity index (χ1) is 17.4. The topological polar surface area (TPSA) is 71.9 Å². The molecule has 0 spiro atoms. The first kappa shape index (κ1) is 29.3. The zero-order valence-corrected chi connectivity index (χ0v) is 24.5. The van der Waals surface area contributed by atoms with Crippen LogP contribution in [-0.4, -0.2) is 49.8 Å². The molecule has 3 rings (SSSR count). The van der Waals surface area contributed by atoms with Crippen LogP contribution < -0.4 is 9.16 Å². The van der Waals surface area contributed by atoms with E-state index < -0.39 is 25.8 Å². The van der Waals surface area contributed by atoms with Crippen molar-refractivity contribution >= 4 is 14.6 Å². The Bertz CT molecular complexity index is 1040. The molecular formula is C29H43FN2O4Si. The number of nitrogens with zero attached hydrogens (tertiary/aromatic N) is 2. The molecule has 0 saturated carbocycles. The van der Waals surface area contributed by atoms with E-state index in [1.165, 1.54) is 6.07 Å². The van der Waals surface area contributed by atoms with Gasteiger partial charge < -0.3 is 19.1 Å². The van der Waals surface area contributed by atoms with E-state index in [9.17, 15) is 9.90 Å². The number of rotatable bonds is 10. The number of aliphatic hydroxyl groups is 1. The summed E-state index contributed by atoms with van der Waals surface area (Å²) in [5, 5.41) is 11.2. The van der Waals surface area contributed by atoms with Crippen molar-refractivity contribution in [2.45, 2.75) is 89.6 Å². The number of carbonyl (C=O) groups is 1. The normalized spacial score (nSPS) is 17.3. The first-order valence-corrected chi connectivity index (χ1v) is 15.4. The van der Waals surface area contributed by atoms with Crippen LogP contribution in [0.1, 0.15) is 77.1 Å². The van der Waals surface area contributed by atoms with Crippen molar-refractivity contribution in [1.82, 2.24) is 9.88 Å². The molecule has 0 radical (unpaired) electrons. The second-order valence-electron chi connectivity index (χ2n) is 11.3. The number of halogens is 1. The van der Waals surface area contributed by atoms with Crippen LogP contribution in [0.3, 0.4) is 0 Å². The van der Waals surface area contributed by atoms with Crippen molar-refractivity contribution in [3.63, 3.8) is 0 Å². The number of piperidine rings is 1. The van der Waals surface area contributed by atoms with E-state index in [1.54, 1.807) is 25.4 Å². The number of aldehydes is 1. The molecule has 1 fully saturated rings. The third-order valence-corrected chi connectivity index (χ3v) is 14.2. The summed E-state index contributed by atoms with van der Waals surface area (Å²) in [6.07, 6.45) is 3.26. The molecule has 1 saturated heterocycles. The van der Waals surface area contributed by atoms with E-state index in [4.69, 9.17) is 9.16 Å². The van der Waals surface area contributed by atoms with Crippen LogP contribution >= 0.6 is 0 Å². The quantitative estimate of drug-likeness (QED) is 0.286. The molecule has 1 aromatic heterocycles. The monoisotopic (exact) mass is 530 g/mol. The molecule has 1 atom stereocenters. The number of carbonyl (C=O) groups excluding carboxylic acids is 1. The average Bonchev–Trinajstić information content (AvgIpc) is 2.86. The fraction of sp³-hybridized carbons (Fsp3) is 0.586. The van der Waals surface area contributed by atoms with Gasteiger partial charge in [-0.25, -0.2) is 9.37 Å². The SMILES string of the molecule is COc1ccc(C2(O)CCN(C(C=O)c3cc(C)c(O[Si](C(C)C)(C(C)C)C(C)C)cc3F)CC2)cn1. The minimum Gasteiger partial charge on any atom is -0.542 e. The fourth-order valence-electron chi connectivity index (χ4n) is 6.16. The van der Waals surface area contributed by atoms with E-state index >= 15 is 4.39 Å². The zero-order chi connectivity index (χ0) is 27.5. The van der Waals surface area contributed by atoms with Gasteiger partial charge in [0.05, 0.1) is 18.8 Å². The van der Waals surface area contributed by atoms with Crippen LogP contribution in [-0.2, 0) is 10.4 Å². The molecular weight excluding hydrogens is 487 g/mol. The molecule has 1 aliphatic rings. The molecule has 0 amide bonds. The number of aromatic nitrogens is 1. The second kappa shape index (κ2) is 11.6. The van der Waals surface area contributed by atoms with Gasteiger partial charge in [-0.2, -0.15) is 0 Å². The van der Waals surface area contributed by atoms with Gasteiger partial charge in [-0.05, 0) is 54.1 Å². The first-order valence-electron chi connectivity index (χ1n) is 13.3. The highest BCUT2D eigenvalue weighted by Gasteiger charge is 2.47. The smallest absolute Gasteiger partial charge is 0.258 e. The molecule has 1 N–H and O–H groups in total. The lowest BCUT2D eigenvalue weighted by Crippen LogP contribution is -2.50. The van der Waals surface area contributed by atoms with Crippen molar-refractivity contribution in [2.75, 3.05) is 20.2 Å². The molecule has 1 aromatic carbocycles. The summed E-state index contributed by atoms with van der Waals surface area (Å²) in [6.45, 7) is 16.0. The highest BCUT2D eigenvalue weighted by Crippen LogP contribution is 2.44. The predicted octanol–water partition coefficient (Wildman–Crippen LogP) is 6.32. The number of benzene rings is 1. The van der Waals surface area contributed by atoms with Crippen LogP contribution in [0.4, 0.5) is 4.39 Å². The molecule has 1 aliphatic heterocycles. The molecule has 8 heteroatoms. The lowest BCUT2D eigenvalue weighted by molar-refractivity contribution is -0.115. The van der Waals surface area contributed by atoms with Gasteiger partial charge in [0.25, 0.3) is 8.32 Å². The molecule has 2 heterocycles. The van der Waals surface area contributed by atoms with E-state index in [0.717, 1.165) is 11.8 Å². The number of ether oxygens (including phenoxy) is 1. The van der Waals surface area contributed by atoms with E-state index in [-0.39, 0.29) is 0 Å². The van der Waals surface area contributed by atoms with Crippen LogP contribution in [0, 0.1) is 12.7 Å². The Morgan fingerprint density at radius 3 is 2.14 bits per heavy atom. The Balaban J connectivity index is 1.83. The van der Waals surface area contributed by atoms with Gasteiger partial charge in [0, 0.05) is 42.5 Å². The van der Waals surface area contributed by atoms with Crippen molar-refractivity contribution in [3.8, 4) is 11.6 Å². The molecule has 1 unspecified atom stereocenters. The van der Waals surface area contributed by atoms with Crippen LogP contribution in [0.15, 0.2) is 30.5 Å². The molecule has 2 aromatic rings. The molecule has 0 aliphatic carbocycles. The zero-order valence-electron chi connectivity index (χ0n) is 23.5. The highest BCUT2D eigenvalue weighted by atomic mass is 28.4. The summed E-state index contributed by atoms with van der Waals surface area (Å²) in [5.74, 6) is 0.630. The third kappa shape index (κ3) is 5.76. The van der Waals surface area contributed by atoms with Crippen LogP contribution in [0.5, 0.6) is 11.6 Å². The molecule has 0 bridgehead atoms. The summed E-state index contributed by atoms with van der Waals surface area (Å²) >= 11 is 0.